The number of carbonyl (C=O) groups excluding carboxylic acids is 1. The van der Waals surface area contributed by atoms with Crippen LogP contribution in [0.4, 0.5) is 0 Å². The van der Waals surface area contributed by atoms with Gasteiger partial charge in [-0.05, 0) is 61.4 Å². The van der Waals surface area contributed by atoms with Gasteiger partial charge in [-0.2, -0.15) is 0 Å². The average molecular weight is 419 g/mol. The topological polar surface area (TPSA) is 84.4 Å². The second kappa shape index (κ2) is 7.77. The summed E-state index contributed by atoms with van der Waals surface area (Å²) in [5.41, 5.74) is 11.3. The summed E-state index contributed by atoms with van der Waals surface area (Å²) in [6, 6.07) is 14.4. The van der Waals surface area contributed by atoms with Crippen LogP contribution < -0.4 is 5.73 Å². The quantitative estimate of drug-likeness (QED) is 0.682. The van der Waals surface area contributed by atoms with Crippen LogP contribution in [0.25, 0.3) is 11.0 Å². The number of aromatic nitrogens is 2. The van der Waals surface area contributed by atoms with E-state index in [4.69, 9.17) is 10.7 Å². The molecular formula is C25H30N4O2. The number of nitrogens with zero attached hydrogens (tertiary/aromatic N) is 3. The van der Waals surface area contributed by atoms with Gasteiger partial charge in [0.25, 0.3) is 0 Å². The zero-order valence-electron chi connectivity index (χ0n) is 18.2. The molecule has 6 nitrogen and oxygen atoms in total. The zero-order chi connectivity index (χ0) is 21.7. The Labute approximate surface area is 182 Å². The fourth-order valence-corrected chi connectivity index (χ4v) is 5.76. The fourth-order valence-electron chi connectivity index (χ4n) is 5.76. The van der Waals surface area contributed by atoms with E-state index in [1.807, 2.05) is 25.1 Å². The number of nitrogens with two attached hydrogens (primary N) is 1. The summed E-state index contributed by atoms with van der Waals surface area (Å²) in [7, 11) is 0. The van der Waals surface area contributed by atoms with Crippen molar-refractivity contribution in [2.24, 2.45) is 11.7 Å². The second-order valence-electron chi connectivity index (χ2n) is 9.25. The number of aryl methyl sites for hydroxylation is 2. The van der Waals surface area contributed by atoms with Crippen LogP contribution in [-0.4, -0.2) is 51.2 Å². The number of aliphatic hydroxyl groups is 1. The fraction of sp³-hybridized carbons (Fsp3) is 0.440. The normalized spacial score (nSPS) is 26.3. The lowest BCUT2D eigenvalue weighted by Crippen LogP contribution is -2.47. The predicted molar refractivity (Wildman–Crippen MR) is 121 cm³/mol. The molecule has 6 heteroatoms. The Balaban J connectivity index is 1.32. The summed E-state index contributed by atoms with van der Waals surface area (Å²) >= 11 is 0. The highest BCUT2D eigenvalue weighted by atomic mass is 16.3. The van der Waals surface area contributed by atoms with Crippen molar-refractivity contribution < 1.29 is 9.90 Å². The minimum Gasteiger partial charge on any atom is -0.390 e. The van der Waals surface area contributed by atoms with Gasteiger partial charge in [-0.1, -0.05) is 30.3 Å². The summed E-state index contributed by atoms with van der Waals surface area (Å²) in [5.74, 6) is 0.617. The van der Waals surface area contributed by atoms with Crippen molar-refractivity contribution in [2.45, 2.75) is 44.8 Å². The molecule has 0 spiro atoms. The van der Waals surface area contributed by atoms with Crippen molar-refractivity contribution >= 4 is 16.9 Å². The van der Waals surface area contributed by atoms with Crippen molar-refractivity contribution in [1.82, 2.24) is 14.5 Å². The summed E-state index contributed by atoms with van der Waals surface area (Å²) in [6.45, 7) is 6.33. The van der Waals surface area contributed by atoms with Crippen molar-refractivity contribution in [3.05, 3.63) is 65.0 Å². The Kier molecular flexibility index (Phi) is 5.07. The number of amides is 1. The molecule has 5 rings (SSSR count). The predicted octanol–water partition coefficient (Wildman–Crippen LogP) is 2.70. The van der Waals surface area contributed by atoms with Gasteiger partial charge in [-0.3, -0.25) is 4.79 Å². The number of primary amides is 1. The van der Waals surface area contributed by atoms with Gasteiger partial charge < -0.3 is 20.3 Å². The third-order valence-electron chi connectivity index (χ3n) is 7.13. The molecule has 0 bridgehead atoms. The molecule has 3 aromatic rings. The van der Waals surface area contributed by atoms with Gasteiger partial charge in [-0.25, -0.2) is 4.98 Å². The maximum absolute atomic E-state index is 12.2. The van der Waals surface area contributed by atoms with Crippen LogP contribution >= 0.6 is 0 Å². The summed E-state index contributed by atoms with van der Waals surface area (Å²) in [4.78, 5) is 19.2. The van der Waals surface area contributed by atoms with E-state index in [2.05, 4.69) is 40.7 Å². The number of hydrogen-bond acceptors (Lipinski definition) is 4. The Morgan fingerprint density at radius 3 is 2.81 bits per heavy atom. The molecule has 1 aromatic heterocycles. The number of likely N-dealkylation sites (tertiary alicyclic amines) is 1. The number of benzene rings is 2. The van der Waals surface area contributed by atoms with E-state index < -0.39 is 6.10 Å². The number of piperidine rings is 1. The van der Waals surface area contributed by atoms with Crippen LogP contribution in [0.1, 0.15) is 40.9 Å². The Morgan fingerprint density at radius 1 is 1.23 bits per heavy atom. The molecule has 31 heavy (non-hydrogen) atoms. The molecule has 1 amide bonds. The highest BCUT2D eigenvalue weighted by Crippen LogP contribution is 2.39. The average Bonchev–Trinajstić information content (AvgIpc) is 3.24. The van der Waals surface area contributed by atoms with Crippen LogP contribution in [0.2, 0.25) is 0 Å². The minimum atomic E-state index is -0.484. The van der Waals surface area contributed by atoms with Crippen LogP contribution in [-0.2, 0) is 11.2 Å². The van der Waals surface area contributed by atoms with Gasteiger partial charge in [-0.15, -0.1) is 0 Å². The van der Waals surface area contributed by atoms with Crippen molar-refractivity contribution in [2.75, 3.05) is 19.6 Å². The molecule has 2 unspecified atom stereocenters. The molecular weight excluding hydrogens is 388 g/mol. The van der Waals surface area contributed by atoms with Crippen LogP contribution in [0.3, 0.4) is 0 Å². The van der Waals surface area contributed by atoms with Gasteiger partial charge in [0, 0.05) is 19.6 Å². The van der Waals surface area contributed by atoms with Crippen LogP contribution in [0.15, 0.2) is 42.5 Å². The van der Waals surface area contributed by atoms with Gasteiger partial charge in [0.1, 0.15) is 5.82 Å². The Bertz CT molecular complexity index is 1140. The first kappa shape index (κ1) is 20.2. The molecule has 1 aliphatic carbocycles. The molecule has 1 fully saturated rings. The first-order chi connectivity index (χ1) is 14.9. The molecule has 1 saturated heterocycles. The smallest absolute Gasteiger partial charge is 0.225 e. The van der Waals surface area contributed by atoms with Gasteiger partial charge >= 0.3 is 0 Å². The number of rotatable bonds is 4. The number of β-amino-alcohol motifs (C(OH)–C–C–N with tert-alkyl or cyclic N) is 1. The highest BCUT2D eigenvalue weighted by molar-refractivity contribution is 5.84. The van der Waals surface area contributed by atoms with E-state index in [0.29, 0.717) is 6.54 Å². The maximum atomic E-state index is 12.2. The lowest BCUT2D eigenvalue weighted by Gasteiger charge is -2.38. The van der Waals surface area contributed by atoms with E-state index in [0.717, 1.165) is 48.4 Å². The number of carbonyl (C=O) groups is 1. The first-order valence-electron chi connectivity index (χ1n) is 11.1. The monoisotopic (exact) mass is 418 g/mol. The molecule has 0 saturated carbocycles. The summed E-state index contributed by atoms with van der Waals surface area (Å²) < 4.78 is 2.20. The summed E-state index contributed by atoms with van der Waals surface area (Å²) in [5, 5.41) is 11.1. The number of aliphatic hydroxyl groups excluding tert-OH is 1. The Morgan fingerprint density at radius 2 is 2.03 bits per heavy atom. The third-order valence-corrected chi connectivity index (χ3v) is 7.13. The Hall–Kier alpha value is -2.70. The molecule has 2 heterocycles. The highest BCUT2D eigenvalue weighted by Gasteiger charge is 2.39. The van der Waals surface area contributed by atoms with E-state index in [9.17, 15) is 9.90 Å². The second-order valence-corrected chi connectivity index (χ2v) is 9.25. The lowest BCUT2D eigenvalue weighted by atomic mass is 9.90. The van der Waals surface area contributed by atoms with Crippen molar-refractivity contribution in [3.8, 4) is 0 Å². The van der Waals surface area contributed by atoms with E-state index in [1.165, 1.54) is 11.1 Å². The van der Waals surface area contributed by atoms with Gasteiger partial charge in [0.2, 0.25) is 5.91 Å². The van der Waals surface area contributed by atoms with Crippen molar-refractivity contribution in [1.29, 1.82) is 0 Å². The minimum absolute atomic E-state index is 0.0108. The molecule has 4 atom stereocenters. The largest absolute Gasteiger partial charge is 0.390 e. The SMILES string of the molecule is Cc1ccc2c(c1)nc(C)n2[C@@H]1CCN(CC2Cc3ccccc3C2C(N)=O)C[C@H]1O. The zero-order valence-corrected chi connectivity index (χ0v) is 18.2. The van der Waals surface area contributed by atoms with Crippen LogP contribution in [0, 0.1) is 19.8 Å². The molecule has 2 aromatic carbocycles. The standard InChI is InChI=1S/C25H30N4O2/c1-15-7-8-21-20(11-15)27-16(2)29(21)22-9-10-28(14-23(22)30)13-18-12-17-5-3-4-6-19(17)24(18)25(26)31/h3-8,11,18,22-24,30H,9-10,12-14H2,1-2H3,(H2,26,31)/t18?,22-,23-,24?/m1/s1. The molecule has 0 radical (unpaired) electrons. The third kappa shape index (κ3) is 3.54. The van der Waals surface area contributed by atoms with E-state index >= 15 is 0 Å². The molecule has 162 valence electrons. The lowest BCUT2D eigenvalue weighted by molar-refractivity contribution is -0.120. The maximum Gasteiger partial charge on any atom is 0.225 e. The molecule has 1 aliphatic heterocycles. The van der Waals surface area contributed by atoms with E-state index in [1.54, 1.807) is 0 Å². The van der Waals surface area contributed by atoms with Crippen LogP contribution in [0.5, 0.6) is 0 Å². The number of hydrogen-bond donors (Lipinski definition) is 2. The van der Waals surface area contributed by atoms with Gasteiger partial charge in [0.15, 0.2) is 0 Å². The molecule has 3 N–H and O–H groups in total. The first-order valence-corrected chi connectivity index (χ1v) is 11.1. The molecule has 2 aliphatic rings. The van der Waals surface area contributed by atoms with Gasteiger partial charge in [0.05, 0.1) is 29.1 Å². The van der Waals surface area contributed by atoms with E-state index in [-0.39, 0.29) is 23.8 Å². The number of fused-ring (bicyclic) bond motifs is 2. The number of imidazole rings is 1. The summed E-state index contributed by atoms with van der Waals surface area (Å²) in [6.07, 6.45) is 1.23. The van der Waals surface area contributed by atoms with Crippen molar-refractivity contribution in [3.63, 3.8) is 0 Å².